The van der Waals surface area contributed by atoms with Crippen molar-refractivity contribution in [2.75, 3.05) is 13.1 Å². The van der Waals surface area contributed by atoms with Gasteiger partial charge in [0.2, 0.25) is 5.91 Å². The molecule has 0 radical (unpaired) electrons. The Hall–Kier alpha value is -1.63. The van der Waals surface area contributed by atoms with Crippen molar-refractivity contribution in [3.05, 3.63) is 35.6 Å². The van der Waals surface area contributed by atoms with Crippen LogP contribution in [0.1, 0.15) is 30.7 Å². The van der Waals surface area contributed by atoms with E-state index in [-0.39, 0.29) is 18.7 Å². The normalized spacial score (nSPS) is 18.3. The molecule has 0 aliphatic carbocycles. The Morgan fingerprint density at radius 3 is 2.27 bits per heavy atom. The van der Waals surface area contributed by atoms with Gasteiger partial charge in [0.1, 0.15) is 5.82 Å². The quantitative estimate of drug-likeness (QED) is 0.870. The molecule has 1 saturated heterocycles. The number of aliphatic hydroxyl groups excluding tert-OH is 1. The molecular formula is C15H17F4NO2. The molecule has 22 heavy (non-hydrogen) atoms. The van der Waals surface area contributed by atoms with Gasteiger partial charge in [-0.3, -0.25) is 4.79 Å². The summed E-state index contributed by atoms with van der Waals surface area (Å²) < 4.78 is 52.4. The minimum atomic E-state index is -4.58. The van der Waals surface area contributed by atoms with E-state index in [4.69, 9.17) is 0 Å². The summed E-state index contributed by atoms with van der Waals surface area (Å²) in [7, 11) is 0. The highest BCUT2D eigenvalue weighted by atomic mass is 19.4. The van der Waals surface area contributed by atoms with Crippen molar-refractivity contribution in [3.63, 3.8) is 0 Å². The molecule has 0 aromatic heterocycles. The zero-order chi connectivity index (χ0) is 16.3. The van der Waals surface area contributed by atoms with Gasteiger partial charge in [0.05, 0.1) is 12.0 Å². The lowest BCUT2D eigenvalue weighted by Crippen LogP contribution is -2.41. The molecule has 7 heteroatoms. The van der Waals surface area contributed by atoms with E-state index in [9.17, 15) is 27.5 Å². The van der Waals surface area contributed by atoms with E-state index in [0.717, 1.165) is 24.3 Å². The van der Waals surface area contributed by atoms with Crippen molar-refractivity contribution in [2.24, 2.45) is 0 Å². The lowest BCUT2D eigenvalue weighted by Gasteiger charge is -2.31. The number of hydrogen-bond donors (Lipinski definition) is 1. The highest BCUT2D eigenvalue weighted by Crippen LogP contribution is 2.38. The fourth-order valence-electron chi connectivity index (χ4n) is 2.54. The third-order valence-corrected chi connectivity index (χ3v) is 3.86. The predicted molar refractivity (Wildman–Crippen MR) is 71.6 cm³/mol. The molecule has 3 nitrogen and oxygen atoms in total. The number of piperidine rings is 1. The second-order valence-electron chi connectivity index (χ2n) is 5.46. The molecule has 1 aliphatic heterocycles. The zero-order valence-corrected chi connectivity index (χ0v) is 11.8. The standard InChI is InChI=1S/C15H17F4NO2/c16-11-3-1-10(2-4-11)13(15(17,18)19)9-14(22)20-7-5-12(21)6-8-20/h1-4,12-13,21H,5-9H2. The second kappa shape index (κ2) is 6.64. The molecule has 1 fully saturated rings. The predicted octanol–water partition coefficient (Wildman–Crippen LogP) is 2.85. The van der Waals surface area contributed by atoms with Crippen LogP contribution in [-0.4, -0.2) is 41.3 Å². The smallest absolute Gasteiger partial charge is 0.393 e. The summed E-state index contributed by atoms with van der Waals surface area (Å²) in [6.45, 7) is 0.516. The summed E-state index contributed by atoms with van der Waals surface area (Å²) in [6.07, 6.45) is -5.04. The van der Waals surface area contributed by atoms with E-state index >= 15 is 0 Å². The second-order valence-corrected chi connectivity index (χ2v) is 5.46. The molecule has 122 valence electrons. The monoisotopic (exact) mass is 319 g/mol. The van der Waals surface area contributed by atoms with E-state index in [1.54, 1.807) is 0 Å². The molecule has 1 N–H and O–H groups in total. The number of benzene rings is 1. The number of hydrogen-bond acceptors (Lipinski definition) is 2. The van der Waals surface area contributed by atoms with E-state index in [1.807, 2.05) is 0 Å². The number of aliphatic hydroxyl groups is 1. The van der Waals surface area contributed by atoms with Gasteiger partial charge in [-0.05, 0) is 30.5 Å². The van der Waals surface area contributed by atoms with Crippen LogP contribution < -0.4 is 0 Å². The van der Waals surface area contributed by atoms with Crippen LogP contribution in [0.3, 0.4) is 0 Å². The van der Waals surface area contributed by atoms with Gasteiger partial charge in [-0.25, -0.2) is 4.39 Å². The third kappa shape index (κ3) is 4.19. The Kier molecular flexibility index (Phi) is 5.05. The van der Waals surface area contributed by atoms with Crippen LogP contribution in [0.5, 0.6) is 0 Å². The SMILES string of the molecule is O=C(CC(c1ccc(F)cc1)C(F)(F)F)N1CCC(O)CC1. The third-order valence-electron chi connectivity index (χ3n) is 3.86. The Labute approximate surface area is 125 Å². The van der Waals surface area contributed by atoms with Crippen LogP contribution in [0.2, 0.25) is 0 Å². The lowest BCUT2D eigenvalue weighted by atomic mass is 9.94. The first-order valence-electron chi connectivity index (χ1n) is 7.05. The van der Waals surface area contributed by atoms with Gasteiger partial charge < -0.3 is 10.0 Å². The van der Waals surface area contributed by atoms with Crippen molar-refractivity contribution in [3.8, 4) is 0 Å². The molecule has 1 atom stereocenters. The number of alkyl halides is 3. The van der Waals surface area contributed by atoms with Crippen molar-refractivity contribution in [1.82, 2.24) is 4.90 Å². The number of nitrogens with zero attached hydrogens (tertiary/aromatic N) is 1. The average Bonchev–Trinajstić information content (AvgIpc) is 2.45. The van der Waals surface area contributed by atoms with Gasteiger partial charge in [-0.2, -0.15) is 13.2 Å². The highest BCUT2D eigenvalue weighted by Gasteiger charge is 2.42. The summed E-state index contributed by atoms with van der Waals surface area (Å²) in [4.78, 5) is 13.4. The van der Waals surface area contributed by atoms with Gasteiger partial charge in [0.15, 0.2) is 0 Å². The van der Waals surface area contributed by atoms with Crippen LogP contribution in [0.25, 0.3) is 0 Å². The fraction of sp³-hybridized carbons (Fsp3) is 0.533. The van der Waals surface area contributed by atoms with Gasteiger partial charge in [0.25, 0.3) is 0 Å². The molecule has 1 aromatic carbocycles. The summed E-state index contributed by atoms with van der Waals surface area (Å²) >= 11 is 0. The fourth-order valence-corrected chi connectivity index (χ4v) is 2.54. The van der Waals surface area contributed by atoms with Crippen molar-refractivity contribution in [2.45, 2.75) is 37.5 Å². The largest absolute Gasteiger partial charge is 0.396 e. The molecule has 1 aromatic rings. The summed E-state index contributed by atoms with van der Waals surface area (Å²) in [6, 6.07) is 4.02. The zero-order valence-electron chi connectivity index (χ0n) is 11.8. The number of carbonyl (C=O) groups excluding carboxylic acids is 1. The van der Waals surface area contributed by atoms with Crippen LogP contribution in [0, 0.1) is 5.82 Å². The van der Waals surface area contributed by atoms with Crippen LogP contribution in [-0.2, 0) is 4.79 Å². The summed E-state index contributed by atoms with van der Waals surface area (Å²) in [5.74, 6) is -3.17. The van der Waals surface area contributed by atoms with E-state index in [2.05, 4.69) is 0 Å². The molecule has 0 spiro atoms. The molecule has 0 saturated carbocycles. The molecule has 1 amide bonds. The lowest BCUT2D eigenvalue weighted by molar-refractivity contribution is -0.161. The van der Waals surface area contributed by atoms with Crippen molar-refractivity contribution >= 4 is 5.91 Å². The van der Waals surface area contributed by atoms with Gasteiger partial charge in [-0.1, -0.05) is 12.1 Å². The van der Waals surface area contributed by atoms with Gasteiger partial charge in [0, 0.05) is 19.5 Å². The Balaban J connectivity index is 2.10. The Morgan fingerprint density at radius 2 is 1.77 bits per heavy atom. The molecular weight excluding hydrogens is 302 g/mol. The maximum absolute atomic E-state index is 13.2. The maximum atomic E-state index is 13.2. The van der Waals surface area contributed by atoms with Crippen molar-refractivity contribution < 1.29 is 27.5 Å². The minimum Gasteiger partial charge on any atom is -0.393 e. The molecule has 1 heterocycles. The summed E-state index contributed by atoms with van der Waals surface area (Å²) in [5.41, 5.74) is -0.126. The number of rotatable bonds is 3. The highest BCUT2D eigenvalue weighted by molar-refractivity contribution is 5.77. The van der Waals surface area contributed by atoms with Gasteiger partial charge >= 0.3 is 6.18 Å². The number of halogens is 4. The molecule has 1 aliphatic rings. The topological polar surface area (TPSA) is 40.5 Å². The molecule has 1 unspecified atom stereocenters. The van der Waals surface area contributed by atoms with E-state index in [0.29, 0.717) is 12.8 Å². The van der Waals surface area contributed by atoms with E-state index < -0.39 is 36.3 Å². The first-order chi connectivity index (χ1) is 10.3. The first-order valence-corrected chi connectivity index (χ1v) is 7.05. The minimum absolute atomic E-state index is 0.126. The number of amides is 1. The van der Waals surface area contributed by atoms with Crippen LogP contribution >= 0.6 is 0 Å². The van der Waals surface area contributed by atoms with E-state index in [1.165, 1.54) is 4.90 Å². The number of likely N-dealkylation sites (tertiary alicyclic amines) is 1. The van der Waals surface area contributed by atoms with Crippen molar-refractivity contribution in [1.29, 1.82) is 0 Å². The average molecular weight is 319 g/mol. The maximum Gasteiger partial charge on any atom is 0.396 e. The van der Waals surface area contributed by atoms with Gasteiger partial charge in [-0.15, -0.1) is 0 Å². The number of carbonyl (C=O) groups is 1. The molecule has 2 rings (SSSR count). The summed E-state index contributed by atoms with van der Waals surface area (Å²) in [5, 5.41) is 9.37. The Bertz CT molecular complexity index is 507. The Morgan fingerprint density at radius 1 is 1.23 bits per heavy atom. The van der Waals surface area contributed by atoms with Crippen LogP contribution in [0.4, 0.5) is 17.6 Å². The van der Waals surface area contributed by atoms with Crippen LogP contribution in [0.15, 0.2) is 24.3 Å². The first kappa shape index (κ1) is 16.7. The molecule has 0 bridgehead atoms.